The summed E-state index contributed by atoms with van der Waals surface area (Å²) in [7, 11) is -3.43. The van der Waals surface area contributed by atoms with Crippen molar-refractivity contribution in [3.05, 3.63) is 24.3 Å². The molecule has 0 aliphatic heterocycles. The van der Waals surface area contributed by atoms with Crippen LogP contribution in [0, 0.1) is 0 Å². The summed E-state index contributed by atoms with van der Waals surface area (Å²) in [6.07, 6.45) is -3.17. The fourth-order valence-corrected chi connectivity index (χ4v) is 1.66. The van der Waals surface area contributed by atoms with E-state index >= 15 is 0 Å². The zero-order chi connectivity index (χ0) is 14.0. The van der Waals surface area contributed by atoms with Crippen molar-refractivity contribution in [2.24, 2.45) is 5.84 Å². The number of hydrazine groups is 1. The molecule has 0 saturated heterocycles. The van der Waals surface area contributed by atoms with Crippen LogP contribution in [0.2, 0.25) is 0 Å². The maximum atomic E-state index is 13.0. The van der Waals surface area contributed by atoms with Gasteiger partial charge < -0.3 is 4.74 Å². The van der Waals surface area contributed by atoms with Crippen LogP contribution in [0.5, 0.6) is 5.75 Å². The largest absolute Gasteiger partial charge is 0.483 e. The fraction of sp³-hybridized carbons (Fsp3) is 0.222. The molecule has 0 aromatic heterocycles. The molecule has 0 aliphatic rings. The molecule has 1 rings (SSSR count). The number of rotatable bonds is 4. The standard InChI is InChI=1S/C9H10F2N2O4S/c1-18(15,16)7-4-2-6(3-5-7)17-9(10,11)8(14)13-12/h2-5H,12H2,1H3,(H,13,14). The molecule has 1 aromatic carbocycles. The maximum absolute atomic E-state index is 13.0. The van der Waals surface area contributed by atoms with Crippen molar-refractivity contribution in [2.75, 3.05) is 6.26 Å². The number of hydrogen-bond donors (Lipinski definition) is 2. The minimum absolute atomic E-state index is 0.0542. The number of sulfone groups is 1. The van der Waals surface area contributed by atoms with Gasteiger partial charge in [0.2, 0.25) is 0 Å². The summed E-state index contributed by atoms with van der Waals surface area (Å²) in [4.78, 5) is 10.6. The highest BCUT2D eigenvalue weighted by Crippen LogP contribution is 2.23. The van der Waals surface area contributed by atoms with Gasteiger partial charge in [0.1, 0.15) is 5.75 Å². The van der Waals surface area contributed by atoms with Crippen molar-refractivity contribution < 1.29 is 26.7 Å². The van der Waals surface area contributed by atoms with Gasteiger partial charge in [-0.1, -0.05) is 0 Å². The van der Waals surface area contributed by atoms with Crippen LogP contribution in [0.15, 0.2) is 29.2 Å². The minimum Gasteiger partial charge on any atom is -0.425 e. The van der Waals surface area contributed by atoms with E-state index in [1.807, 2.05) is 0 Å². The fourth-order valence-electron chi connectivity index (χ4n) is 1.03. The number of ether oxygens (including phenoxy) is 1. The Balaban J connectivity index is 2.91. The first kappa shape index (κ1) is 14.3. The van der Waals surface area contributed by atoms with Gasteiger partial charge in [-0.25, -0.2) is 14.3 Å². The number of amides is 1. The monoisotopic (exact) mass is 280 g/mol. The zero-order valence-electron chi connectivity index (χ0n) is 9.18. The van der Waals surface area contributed by atoms with Crippen LogP contribution in [0.25, 0.3) is 0 Å². The van der Waals surface area contributed by atoms with Gasteiger partial charge in [-0.05, 0) is 24.3 Å². The van der Waals surface area contributed by atoms with E-state index in [0.29, 0.717) is 0 Å². The van der Waals surface area contributed by atoms with Crippen molar-refractivity contribution in [3.8, 4) is 5.75 Å². The second-order valence-corrected chi connectivity index (χ2v) is 5.35. The van der Waals surface area contributed by atoms with Crippen LogP contribution >= 0.6 is 0 Å². The van der Waals surface area contributed by atoms with Crippen LogP contribution < -0.4 is 16.0 Å². The number of halogens is 2. The Kier molecular flexibility index (Phi) is 3.87. The molecule has 18 heavy (non-hydrogen) atoms. The maximum Gasteiger partial charge on any atom is 0.483 e. The topological polar surface area (TPSA) is 98.5 Å². The second-order valence-electron chi connectivity index (χ2n) is 3.34. The van der Waals surface area contributed by atoms with E-state index in [9.17, 15) is 22.0 Å². The van der Waals surface area contributed by atoms with Gasteiger partial charge >= 0.3 is 12.0 Å². The summed E-state index contributed by atoms with van der Waals surface area (Å²) in [5.74, 6) is 2.38. The van der Waals surface area contributed by atoms with E-state index in [0.717, 1.165) is 30.5 Å². The van der Waals surface area contributed by atoms with Crippen LogP contribution in [-0.4, -0.2) is 26.7 Å². The SMILES string of the molecule is CS(=O)(=O)c1ccc(OC(F)(F)C(=O)NN)cc1. The van der Waals surface area contributed by atoms with Crippen LogP contribution in [0.4, 0.5) is 8.78 Å². The molecule has 0 saturated carbocycles. The smallest absolute Gasteiger partial charge is 0.425 e. The van der Waals surface area contributed by atoms with Crippen LogP contribution in [-0.2, 0) is 14.6 Å². The van der Waals surface area contributed by atoms with E-state index in [4.69, 9.17) is 0 Å². The molecule has 6 nitrogen and oxygen atoms in total. The number of carbonyl (C=O) groups excluding carboxylic acids is 1. The van der Waals surface area contributed by atoms with Gasteiger partial charge in [-0.15, -0.1) is 0 Å². The van der Waals surface area contributed by atoms with Crippen molar-refractivity contribution in [2.45, 2.75) is 11.0 Å². The predicted octanol–water partition coefficient (Wildman–Crippen LogP) is 0.0516. The van der Waals surface area contributed by atoms with Gasteiger partial charge in [-0.2, -0.15) is 8.78 Å². The average Bonchev–Trinajstić information content (AvgIpc) is 2.26. The van der Waals surface area contributed by atoms with Crippen molar-refractivity contribution >= 4 is 15.7 Å². The van der Waals surface area contributed by atoms with Crippen LogP contribution in [0.3, 0.4) is 0 Å². The highest BCUT2D eigenvalue weighted by molar-refractivity contribution is 7.90. The molecular weight excluding hydrogens is 270 g/mol. The summed E-state index contributed by atoms with van der Waals surface area (Å²) in [5.41, 5.74) is 1.25. The van der Waals surface area contributed by atoms with Crippen molar-refractivity contribution in [3.63, 3.8) is 0 Å². The molecule has 0 unspecified atom stereocenters. The Morgan fingerprint density at radius 1 is 1.33 bits per heavy atom. The minimum atomic E-state index is -4.14. The Morgan fingerprint density at radius 3 is 2.22 bits per heavy atom. The molecule has 100 valence electrons. The first-order valence-electron chi connectivity index (χ1n) is 4.55. The predicted molar refractivity (Wildman–Crippen MR) is 57.5 cm³/mol. The van der Waals surface area contributed by atoms with Gasteiger partial charge in [0.25, 0.3) is 0 Å². The van der Waals surface area contributed by atoms with E-state index in [-0.39, 0.29) is 10.6 Å². The summed E-state index contributed by atoms with van der Waals surface area (Å²) in [6, 6.07) is 4.18. The summed E-state index contributed by atoms with van der Waals surface area (Å²) in [5, 5.41) is 0. The zero-order valence-corrected chi connectivity index (χ0v) is 10.0. The lowest BCUT2D eigenvalue weighted by Crippen LogP contribution is -2.47. The highest BCUT2D eigenvalue weighted by Gasteiger charge is 2.41. The van der Waals surface area contributed by atoms with E-state index in [2.05, 4.69) is 10.6 Å². The average molecular weight is 280 g/mol. The van der Waals surface area contributed by atoms with Gasteiger partial charge in [0, 0.05) is 6.26 Å². The molecule has 0 bridgehead atoms. The van der Waals surface area contributed by atoms with E-state index in [1.165, 1.54) is 5.43 Å². The summed E-state index contributed by atoms with van der Waals surface area (Å²) in [6.45, 7) is 0. The molecule has 0 radical (unpaired) electrons. The molecule has 9 heteroatoms. The lowest BCUT2D eigenvalue weighted by Gasteiger charge is -2.15. The Bertz CT molecular complexity index is 542. The molecule has 0 aliphatic carbocycles. The summed E-state index contributed by atoms with van der Waals surface area (Å²) >= 11 is 0. The van der Waals surface area contributed by atoms with Crippen molar-refractivity contribution in [1.29, 1.82) is 0 Å². The Labute approximate surface area is 102 Å². The third kappa shape index (κ3) is 3.37. The summed E-state index contributed by atoms with van der Waals surface area (Å²) < 4.78 is 52.3. The van der Waals surface area contributed by atoms with Crippen LogP contribution in [0.1, 0.15) is 0 Å². The highest BCUT2D eigenvalue weighted by atomic mass is 32.2. The number of alkyl halides is 2. The lowest BCUT2D eigenvalue weighted by molar-refractivity contribution is -0.192. The molecular formula is C9H10F2N2O4S. The first-order chi connectivity index (χ1) is 8.16. The Morgan fingerprint density at radius 2 is 1.83 bits per heavy atom. The second kappa shape index (κ2) is 4.86. The molecule has 0 spiro atoms. The molecule has 0 heterocycles. The van der Waals surface area contributed by atoms with E-state index < -0.39 is 21.9 Å². The van der Waals surface area contributed by atoms with E-state index in [1.54, 1.807) is 0 Å². The molecule has 0 fully saturated rings. The first-order valence-corrected chi connectivity index (χ1v) is 6.44. The van der Waals surface area contributed by atoms with Gasteiger partial charge in [0.05, 0.1) is 4.90 Å². The molecule has 1 amide bonds. The number of nitrogens with one attached hydrogen (secondary N) is 1. The lowest BCUT2D eigenvalue weighted by atomic mass is 10.3. The molecule has 0 atom stereocenters. The number of nitrogens with two attached hydrogens (primary N) is 1. The normalized spacial score (nSPS) is 12.0. The third-order valence-electron chi connectivity index (χ3n) is 1.89. The third-order valence-corrected chi connectivity index (χ3v) is 3.02. The quantitative estimate of drug-likeness (QED) is 0.461. The van der Waals surface area contributed by atoms with Gasteiger partial charge in [0.15, 0.2) is 9.84 Å². The van der Waals surface area contributed by atoms with Gasteiger partial charge in [-0.3, -0.25) is 10.2 Å². The number of carbonyl (C=O) groups is 1. The van der Waals surface area contributed by atoms with Crippen molar-refractivity contribution in [1.82, 2.24) is 5.43 Å². The number of benzene rings is 1. The molecule has 3 N–H and O–H groups in total. The Hall–Kier alpha value is -1.74. The molecule has 1 aromatic rings. The number of hydrogen-bond acceptors (Lipinski definition) is 5.